The molecule has 2 rings (SSSR count). The van der Waals surface area contributed by atoms with Crippen molar-refractivity contribution in [1.82, 2.24) is 9.88 Å². The number of amides is 1. The fourth-order valence-electron chi connectivity index (χ4n) is 2.20. The summed E-state index contributed by atoms with van der Waals surface area (Å²) in [5, 5.41) is 0.936. The highest BCUT2D eigenvalue weighted by atomic mass is 32.1. The molecule has 0 aliphatic carbocycles. The van der Waals surface area contributed by atoms with Crippen molar-refractivity contribution in [2.75, 3.05) is 13.1 Å². The minimum atomic E-state index is 0.106. The minimum Gasteiger partial charge on any atom is -0.335 e. The van der Waals surface area contributed by atoms with Crippen LogP contribution in [-0.2, 0) is 0 Å². The maximum Gasteiger partial charge on any atom is 0.265 e. The number of aryl methyl sites for hydroxylation is 1. The largest absolute Gasteiger partial charge is 0.335 e. The molecule has 1 aliphatic heterocycles. The standard InChI is InChI=1S/C11H17N3OS/c1-7-3-9(4-12)6-14(7)11(15)10-5-13-8(2)16-10/h5,7,9H,3-4,6,12H2,1-2H3. The maximum atomic E-state index is 12.2. The highest BCUT2D eigenvalue weighted by Gasteiger charge is 2.32. The van der Waals surface area contributed by atoms with Gasteiger partial charge in [-0.25, -0.2) is 4.98 Å². The molecule has 1 amide bonds. The zero-order chi connectivity index (χ0) is 11.7. The number of nitrogens with zero attached hydrogens (tertiary/aromatic N) is 2. The van der Waals surface area contributed by atoms with Crippen LogP contribution in [0.5, 0.6) is 0 Å². The number of carbonyl (C=O) groups excluding carboxylic acids is 1. The summed E-state index contributed by atoms with van der Waals surface area (Å²) in [7, 11) is 0. The van der Waals surface area contributed by atoms with E-state index in [1.807, 2.05) is 11.8 Å². The average Bonchev–Trinajstić information content (AvgIpc) is 2.83. The Morgan fingerprint density at radius 2 is 2.50 bits per heavy atom. The predicted molar refractivity (Wildman–Crippen MR) is 64.5 cm³/mol. The van der Waals surface area contributed by atoms with E-state index in [0.29, 0.717) is 18.5 Å². The third-order valence-electron chi connectivity index (χ3n) is 3.09. The molecular formula is C11H17N3OS. The summed E-state index contributed by atoms with van der Waals surface area (Å²) in [5.41, 5.74) is 5.65. The number of carbonyl (C=O) groups is 1. The first-order chi connectivity index (χ1) is 7.61. The fourth-order valence-corrected chi connectivity index (χ4v) is 2.93. The summed E-state index contributed by atoms with van der Waals surface area (Å²) in [6.45, 7) is 5.45. The van der Waals surface area contributed by atoms with Crippen LogP contribution in [0.2, 0.25) is 0 Å². The molecule has 2 unspecified atom stereocenters. The molecule has 16 heavy (non-hydrogen) atoms. The normalized spacial score (nSPS) is 25.1. The lowest BCUT2D eigenvalue weighted by molar-refractivity contribution is 0.0748. The Hall–Kier alpha value is -0.940. The van der Waals surface area contributed by atoms with Crippen LogP contribution >= 0.6 is 11.3 Å². The lowest BCUT2D eigenvalue weighted by atomic mass is 10.1. The summed E-state index contributed by atoms with van der Waals surface area (Å²) in [6, 6.07) is 0.295. The first-order valence-electron chi connectivity index (χ1n) is 5.55. The van der Waals surface area contributed by atoms with Gasteiger partial charge in [0.2, 0.25) is 0 Å². The molecule has 4 nitrogen and oxygen atoms in total. The fraction of sp³-hybridized carbons (Fsp3) is 0.636. The molecule has 1 aromatic heterocycles. The number of rotatable bonds is 2. The molecule has 1 fully saturated rings. The van der Waals surface area contributed by atoms with Gasteiger partial charge < -0.3 is 10.6 Å². The Labute approximate surface area is 99.5 Å². The van der Waals surface area contributed by atoms with Crippen LogP contribution in [0.4, 0.5) is 0 Å². The molecule has 0 spiro atoms. The molecule has 2 atom stereocenters. The second-order valence-corrected chi connectivity index (χ2v) is 5.62. The van der Waals surface area contributed by atoms with E-state index in [4.69, 9.17) is 5.73 Å². The van der Waals surface area contributed by atoms with Gasteiger partial charge in [0, 0.05) is 12.6 Å². The monoisotopic (exact) mass is 239 g/mol. The number of thiazole rings is 1. The van der Waals surface area contributed by atoms with Gasteiger partial charge >= 0.3 is 0 Å². The molecular weight excluding hydrogens is 222 g/mol. The smallest absolute Gasteiger partial charge is 0.265 e. The Morgan fingerprint density at radius 3 is 3.00 bits per heavy atom. The van der Waals surface area contributed by atoms with Crippen molar-refractivity contribution >= 4 is 17.2 Å². The van der Waals surface area contributed by atoms with Gasteiger partial charge in [0.25, 0.3) is 5.91 Å². The number of aromatic nitrogens is 1. The van der Waals surface area contributed by atoms with E-state index in [1.165, 1.54) is 11.3 Å². The van der Waals surface area contributed by atoms with Gasteiger partial charge in [-0.1, -0.05) is 0 Å². The van der Waals surface area contributed by atoms with Crippen molar-refractivity contribution in [3.8, 4) is 0 Å². The topological polar surface area (TPSA) is 59.2 Å². The molecule has 0 bridgehead atoms. The highest BCUT2D eigenvalue weighted by molar-refractivity contribution is 7.13. The van der Waals surface area contributed by atoms with Crippen LogP contribution in [0.25, 0.3) is 0 Å². The minimum absolute atomic E-state index is 0.106. The van der Waals surface area contributed by atoms with Gasteiger partial charge in [-0.3, -0.25) is 4.79 Å². The van der Waals surface area contributed by atoms with E-state index in [-0.39, 0.29) is 5.91 Å². The number of likely N-dealkylation sites (tertiary alicyclic amines) is 1. The Morgan fingerprint density at radius 1 is 1.75 bits per heavy atom. The van der Waals surface area contributed by atoms with E-state index >= 15 is 0 Å². The van der Waals surface area contributed by atoms with Crippen LogP contribution in [-0.4, -0.2) is 34.9 Å². The summed E-state index contributed by atoms with van der Waals surface area (Å²) in [5.74, 6) is 0.557. The van der Waals surface area contributed by atoms with E-state index in [9.17, 15) is 4.79 Å². The van der Waals surface area contributed by atoms with Crippen LogP contribution in [0.15, 0.2) is 6.20 Å². The van der Waals surface area contributed by atoms with E-state index in [0.717, 1.165) is 22.9 Å². The third kappa shape index (κ3) is 2.10. The molecule has 0 aromatic carbocycles. The van der Waals surface area contributed by atoms with Crippen LogP contribution in [0.1, 0.15) is 28.0 Å². The quantitative estimate of drug-likeness (QED) is 0.845. The van der Waals surface area contributed by atoms with Crippen molar-refractivity contribution in [2.45, 2.75) is 26.3 Å². The van der Waals surface area contributed by atoms with Crippen molar-refractivity contribution < 1.29 is 4.79 Å². The molecule has 0 radical (unpaired) electrons. The summed E-state index contributed by atoms with van der Waals surface area (Å²) >= 11 is 1.46. The van der Waals surface area contributed by atoms with Gasteiger partial charge in [0.05, 0.1) is 11.2 Å². The zero-order valence-corrected chi connectivity index (χ0v) is 10.5. The first-order valence-corrected chi connectivity index (χ1v) is 6.37. The van der Waals surface area contributed by atoms with E-state index in [1.54, 1.807) is 6.20 Å². The first kappa shape index (κ1) is 11.5. The SMILES string of the molecule is Cc1ncc(C(=O)N2CC(CN)CC2C)s1. The van der Waals surface area contributed by atoms with Gasteiger partial charge in [0.1, 0.15) is 4.88 Å². The maximum absolute atomic E-state index is 12.2. The van der Waals surface area contributed by atoms with Gasteiger partial charge in [-0.15, -0.1) is 11.3 Å². The van der Waals surface area contributed by atoms with E-state index < -0.39 is 0 Å². The second-order valence-electron chi connectivity index (χ2n) is 4.39. The second kappa shape index (κ2) is 4.51. The van der Waals surface area contributed by atoms with Crippen molar-refractivity contribution in [2.24, 2.45) is 11.7 Å². The van der Waals surface area contributed by atoms with Crippen molar-refractivity contribution in [1.29, 1.82) is 0 Å². The zero-order valence-electron chi connectivity index (χ0n) is 9.64. The van der Waals surface area contributed by atoms with Gasteiger partial charge in [-0.05, 0) is 32.7 Å². The molecule has 5 heteroatoms. The Balaban J connectivity index is 2.11. The summed E-state index contributed by atoms with van der Waals surface area (Å²) < 4.78 is 0. The summed E-state index contributed by atoms with van der Waals surface area (Å²) in [6.07, 6.45) is 2.69. The van der Waals surface area contributed by atoms with Crippen molar-refractivity contribution in [3.05, 3.63) is 16.1 Å². The van der Waals surface area contributed by atoms with Crippen molar-refractivity contribution in [3.63, 3.8) is 0 Å². The van der Waals surface area contributed by atoms with Gasteiger partial charge in [-0.2, -0.15) is 0 Å². The molecule has 88 valence electrons. The summed E-state index contributed by atoms with van der Waals surface area (Å²) in [4.78, 5) is 19.0. The van der Waals surface area contributed by atoms with Crippen LogP contribution < -0.4 is 5.73 Å². The Kier molecular flexibility index (Phi) is 3.25. The lowest BCUT2D eigenvalue weighted by Gasteiger charge is -2.20. The molecule has 0 saturated carbocycles. The lowest BCUT2D eigenvalue weighted by Crippen LogP contribution is -2.33. The molecule has 2 heterocycles. The van der Waals surface area contributed by atoms with Crippen LogP contribution in [0.3, 0.4) is 0 Å². The molecule has 1 saturated heterocycles. The predicted octanol–water partition coefficient (Wildman–Crippen LogP) is 1.26. The third-order valence-corrected chi connectivity index (χ3v) is 3.99. The molecule has 1 aliphatic rings. The molecule has 2 N–H and O–H groups in total. The number of nitrogens with two attached hydrogens (primary N) is 1. The number of hydrogen-bond acceptors (Lipinski definition) is 4. The molecule has 1 aromatic rings. The van der Waals surface area contributed by atoms with Gasteiger partial charge in [0.15, 0.2) is 0 Å². The van der Waals surface area contributed by atoms with Crippen LogP contribution in [0, 0.1) is 12.8 Å². The van der Waals surface area contributed by atoms with E-state index in [2.05, 4.69) is 11.9 Å². The Bertz CT molecular complexity index is 390. The highest BCUT2D eigenvalue weighted by Crippen LogP contribution is 2.25. The number of hydrogen-bond donors (Lipinski definition) is 1. The average molecular weight is 239 g/mol.